The first kappa shape index (κ1) is 31.7. The highest BCUT2D eigenvalue weighted by molar-refractivity contribution is 9.46. The van der Waals surface area contributed by atoms with Crippen molar-refractivity contribution in [3.8, 4) is 0 Å². The Balaban J connectivity index is 3.88. The van der Waals surface area contributed by atoms with Crippen LogP contribution in [0, 0.1) is 0 Å². The van der Waals surface area contributed by atoms with E-state index in [0.29, 0.717) is 10.5 Å². The zero-order valence-corrected chi connectivity index (χ0v) is 26.6. The molecule has 2 unspecified atom stereocenters. The maximum atomic E-state index is 5.60. The summed E-state index contributed by atoms with van der Waals surface area (Å²) >= 11 is 0. The van der Waals surface area contributed by atoms with Gasteiger partial charge in [0.2, 0.25) is 0 Å². The second kappa shape index (κ2) is 19.1. The van der Waals surface area contributed by atoms with Crippen LogP contribution in [0.25, 0.3) is 0 Å². The Morgan fingerprint density at radius 2 is 0.897 bits per heavy atom. The molecule has 0 fully saturated rings. The molecule has 0 aliphatic rings. The molecular formula is C16H38O4S7Si2. The van der Waals surface area contributed by atoms with Gasteiger partial charge in [-0.1, -0.05) is 35.4 Å². The fourth-order valence-corrected chi connectivity index (χ4v) is 21.3. The van der Waals surface area contributed by atoms with Crippen molar-refractivity contribution in [3.05, 3.63) is 0 Å². The van der Waals surface area contributed by atoms with Crippen LogP contribution in [0.3, 0.4) is 0 Å². The molecule has 0 spiro atoms. The van der Waals surface area contributed by atoms with Gasteiger partial charge in [0, 0.05) is 38.9 Å². The average molecular weight is 575 g/mol. The Morgan fingerprint density at radius 3 is 1.17 bits per heavy atom. The summed E-state index contributed by atoms with van der Waals surface area (Å²) in [5.41, 5.74) is 0. The van der Waals surface area contributed by atoms with Crippen molar-refractivity contribution in [2.45, 2.75) is 75.2 Å². The van der Waals surface area contributed by atoms with Crippen LogP contribution in [-0.2, 0) is 17.7 Å². The van der Waals surface area contributed by atoms with Gasteiger partial charge in [0.1, 0.15) is 0 Å². The van der Waals surface area contributed by atoms with E-state index in [1.165, 1.54) is 12.8 Å². The van der Waals surface area contributed by atoms with E-state index in [1.54, 1.807) is 28.4 Å². The minimum absolute atomic E-state index is 0.654. The van der Waals surface area contributed by atoms with Crippen molar-refractivity contribution in [1.29, 1.82) is 0 Å². The summed E-state index contributed by atoms with van der Waals surface area (Å²) in [5, 5.41) is 1.31. The summed E-state index contributed by atoms with van der Waals surface area (Å²) in [6.07, 6.45) is 4.68. The monoisotopic (exact) mass is 574 g/mol. The van der Waals surface area contributed by atoms with Gasteiger partial charge in [-0.25, -0.2) is 0 Å². The van der Waals surface area contributed by atoms with Gasteiger partial charge < -0.3 is 17.7 Å². The van der Waals surface area contributed by atoms with Crippen LogP contribution in [0.15, 0.2) is 0 Å². The van der Waals surface area contributed by atoms with Crippen molar-refractivity contribution in [2.24, 2.45) is 0 Å². The Morgan fingerprint density at radius 1 is 0.586 bits per heavy atom. The predicted octanol–water partition coefficient (Wildman–Crippen LogP) is 8.68. The molecule has 0 aromatic heterocycles. The molecular weight excluding hydrogens is 537 g/mol. The zero-order valence-electron chi connectivity index (χ0n) is 18.9. The molecule has 0 heterocycles. The minimum Gasteiger partial charge on any atom is -0.398 e. The Kier molecular flexibility index (Phi) is 20.9. The van der Waals surface area contributed by atoms with Crippen molar-refractivity contribution in [1.82, 2.24) is 0 Å². The molecule has 0 N–H and O–H groups in total. The zero-order chi connectivity index (χ0) is 22.2. The first-order chi connectivity index (χ1) is 13.8. The number of rotatable bonds is 20. The van der Waals surface area contributed by atoms with E-state index in [0.717, 1.165) is 24.9 Å². The molecule has 13 heteroatoms. The summed E-state index contributed by atoms with van der Waals surface area (Å²) in [4.78, 5) is 0. The Labute approximate surface area is 207 Å². The summed E-state index contributed by atoms with van der Waals surface area (Å²) in [7, 11) is 16.6. The fourth-order valence-electron chi connectivity index (χ4n) is 2.24. The lowest BCUT2D eigenvalue weighted by atomic mass is 10.3. The van der Waals surface area contributed by atoms with Gasteiger partial charge in [-0.2, -0.15) is 0 Å². The van der Waals surface area contributed by atoms with Gasteiger partial charge in [-0.05, 0) is 100.0 Å². The van der Waals surface area contributed by atoms with E-state index >= 15 is 0 Å². The van der Waals surface area contributed by atoms with E-state index in [9.17, 15) is 0 Å². The van der Waals surface area contributed by atoms with Gasteiger partial charge in [0.25, 0.3) is 0 Å². The van der Waals surface area contributed by atoms with Crippen LogP contribution in [0.2, 0.25) is 25.2 Å². The second-order valence-electron chi connectivity index (χ2n) is 6.75. The third kappa shape index (κ3) is 15.3. The van der Waals surface area contributed by atoms with Crippen LogP contribution in [0.4, 0.5) is 0 Å². The van der Waals surface area contributed by atoms with Crippen LogP contribution >= 0.6 is 70.7 Å². The van der Waals surface area contributed by atoms with Crippen LogP contribution in [0.5, 0.6) is 0 Å². The average Bonchev–Trinajstić information content (AvgIpc) is 2.76. The van der Waals surface area contributed by atoms with Gasteiger partial charge in [0.05, 0.1) is 0 Å². The highest BCUT2D eigenvalue weighted by Crippen LogP contribution is 2.57. The van der Waals surface area contributed by atoms with Crippen molar-refractivity contribution < 1.29 is 17.7 Å². The summed E-state index contributed by atoms with van der Waals surface area (Å²) in [6, 6.07) is 2.11. The maximum absolute atomic E-state index is 5.60. The fraction of sp³-hybridized carbons (Fsp3) is 1.00. The molecule has 4 nitrogen and oxygen atoms in total. The molecule has 29 heavy (non-hydrogen) atoms. The molecule has 0 aromatic rings. The first-order valence-electron chi connectivity index (χ1n) is 9.68. The predicted molar refractivity (Wildman–Crippen MR) is 151 cm³/mol. The van der Waals surface area contributed by atoms with E-state index in [2.05, 4.69) is 26.9 Å². The SMILES string of the molecule is CCC(CC[Si](C)(OC)OC)SSSSSSSC(CC)CC[Si](C)(OC)OC. The quantitative estimate of drug-likeness (QED) is 0.0796. The van der Waals surface area contributed by atoms with Crippen molar-refractivity contribution in [2.75, 3.05) is 28.4 Å². The first-order valence-corrected chi connectivity index (χ1v) is 23.7. The molecule has 0 aromatic carbocycles. The standard InChI is InChI=1S/C16H38O4S7Si2/c1-9-15(11-13-28(7,17-3)18-4)21-23-25-27-26-24-22-16(10-2)12-14-29(8,19-5)20-6/h15-16H,9-14H2,1-8H3. The Bertz CT molecular complexity index is 360. The lowest BCUT2D eigenvalue weighted by molar-refractivity contribution is 0.248. The van der Waals surface area contributed by atoms with Crippen molar-refractivity contribution >= 4 is 87.8 Å². The molecule has 0 amide bonds. The maximum Gasteiger partial charge on any atom is 0.334 e. The summed E-state index contributed by atoms with van der Waals surface area (Å²) < 4.78 is 22.4. The summed E-state index contributed by atoms with van der Waals surface area (Å²) in [6.45, 7) is 8.82. The lowest BCUT2D eigenvalue weighted by Gasteiger charge is -2.24. The minimum atomic E-state index is -1.94. The van der Waals surface area contributed by atoms with E-state index in [1.807, 2.05) is 70.7 Å². The molecule has 176 valence electrons. The Hall–Kier alpha value is 2.72. The van der Waals surface area contributed by atoms with E-state index in [4.69, 9.17) is 17.7 Å². The molecule has 0 aliphatic carbocycles. The summed E-state index contributed by atoms with van der Waals surface area (Å²) in [5.74, 6) is 0. The molecule has 0 saturated heterocycles. The molecule has 0 radical (unpaired) electrons. The van der Waals surface area contributed by atoms with Crippen LogP contribution < -0.4 is 0 Å². The molecule has 0 aliphatic heterocycles. The molecule has 0 bridgehead atoms. The van der Waals surface area contributed by atoms with E-state index in [-0.39, 0.29) is 0 Å². The third-order valence-electron chi connectivity index (χ3n) is 4.94. The number of hydrogen-bond donors (Lipinski definition) is 0. The van der Waals surface area contributed by atoms with Gasteiger partial charge in [0.15, 0.2) is 0 Å². The van der Waals surface area contributed by atoms with Gasteiger partial charge in [-0.15, -0.1) is 0 Å². The largest absolute Gasteiger partial charge is 0.398 e. The van der Waals surface area contributed by atoms with Crippen molar-refractivity contribution in [3.63, 3.8) is 0 Å². The highest BCUT2D eigenvalue weighted by Gasteiger charge is 2.30. The topological polar surface area (TPSA) is 36.9 Å². The smallest absolute Gasteiger partial charge is 0.334 e. The molecule has 2 atom stereocenters. The second-order valence-corrected chi connectivity index (χ2v) is 25.6. The van der Waals surface area contributed by atoms with E-state index < -0.39 is 17.1 Å². The molecule has 0 rings (SSSR count). The normalized spacial score (nSPS) is 14.9. The van der Waals surface area contributed by atoms with Gasteiger partial charge >= 0.3 is 17.1 Å². The van der Waals surface area contributed by atoms with Gasteiger partial charge in [-0.3, -0.25) is 0 Å². The van der Waals surface area contributed by atoms with Crippen LogP contribution in [-0.4, -0.2) is 56.1 Å². The highest BCUT2D eigenvalue weighted by atomic mass is 33.9. The lowest BCUT2D eigenvalue weighted by Crippen LogP contribution is -2.36. The number of hydrogen-bond acceptors (Lipinski definition) is 11. The van der Waals surface area contributed by atoms with Crippen LogP contribution in [0.1, 0.15) is 39.5 Å². The third-order valence-corrected chi connectivity index (χ3v) is 25.0. The molecule has 0 saturated carbocycles.